The van der Waals surface area contributed by atoms with Crippen LogP contribution in [-0.4, -0.2) is 22.2 Å². The van der Waals surface area contributed by atoms with Gasteiger partial charge in [-0.2, -0.15) is 4.98 Å². The van der Waals surface area contributed by atoms with Gasteiger partial charge in [-0.15, -0.1) is 0 Å². The molecule has 0 saturated heterocycles. The van der Waals surface area contributed by atoms with Crippen LogP contribution >= 0.6 is 15.9 Å². The maximum atomic E-state index is 11.7. The van der Waals surface area contributed by atoms with Gasteiger partial charge < -0.3 is 14.8 Å². The fraction of sp³-hybridized carbons (Fsp3) is 0.667. The molecule has 0 amide bonds. The van der Waals surface area contributed by atoms with Crippen LogP contribution in [0.3, 0.4) is 0 Å². The number of H-pyrrole nitrogens is 1. The van der Waals surface area contributed by atoms with E-state index in [4.69, 9.17) is 4.74 Å². The van der Waals surface area contributed by atoms with Crippen molar-refractivity contribution in [1.82, 2.24) is 9.97 Å². The fourth-order valence-corrected chi connectivity index (χ4v) is 2.62. The van der Waals surface area contributed by atoms with E-state index in [0.717, 1.165) is 25.7 Å². The summed E-state index contributed by atoms with van der Waals surface area (Å²) < 4.78 is 5.66. The van der Waals surface area contributed by atoms with Crippen molar-refractivity contribution in [2.45, 2.75) is 38.2 Å². The van der Waals surface area contributed by atoms with E-state index in [9.17, 15) is 9.90 Å². The topological polar surface area (TPSA) is 75.2 Å². The summed E-state index contributed by atoms with van der Waals surface area (Å²) in [6.45, 7) is 2.20. The van der Waals surface area contributed by atoms with Gasteiger partial charge in [0, 0.05) is 7.11 Å². The summed E-state index contributed by atoms with van der Waals surface area (Å²) in [5.74, 6) is 0.787. The Hall–Kier alpha value is -0.880. The summed E-state index contributed by atoms with van der Waals surface area (Å²) in [6, 6.07) is 0. The molecule has 1 heterocycles. The number of rotatable bonds is 2. The molecular formula is C12H17BrN2O3. The van der Waals surface area contributed by atoms with E-state index in [1.807, 2.05) is 0 Å². The largest absolute Gasteiger partial charge is 0.492 e. The van der Waals surface area contributed by atoms with Crippen molar-refractivity contribution in [3.63, 3.8) is 0 Å². The van der Waals surface area contributed by atoms with Crippen LogP contribution in [0.4, 0.5) is 0 Å². The van der Waals surface area contributed by atoms with Crippen molar-refractivity contribution < 1.29 is 9.84 Å². The normalized spacial score (nSPS) is 28.3. The molecule has 0 unspecified atom stereocenters. The summed E-state index contributed by atoms with van der Waals surface area (Å²) in [5, 5.41) is 9.64. The number of hydrogen-bond acceptors (Lipinski definition) is 4. The van der Waals surface area contributed by atoms with E-state index < -0.39 is 5.60 Å². The van der Waals surface area contributed by atoms with Gasteiger partial charge >= 0.3 is 0 Å². The standard InChI is InChI=1S/C12H17BrN2O3/c1-7-3-5-12(18-2,6-4-7)11-14-9(16)8(13)10(17)15-11/h7H,3-6H2,1-2H3,(H2,14,15,16,17). The summed E-state index contributed by atoms with van der Waals surface area (Å²) in [5.41, 5.74) is -0.961. The van der Waals surface area contributed by atoms with Crippen LogP contribution in [0.1, 0.15) is 38.4 Å². The second-order valence-corrected chi connectivity index (χ2v) is 5.73. The number of aromatic amines is 1. The lowest BCUT2D eigenvalue weighted by molar-refractivity contribution is -0.0602. The van der Waals surface area contributed by atoms with E-state index in [-0.39, 0.29) is 15.9 Å². The molecule has 1 aliphatic carbocycles. The average molecular weight is 317 g/mol. The maximum absolute atomic E-state index is 11.7. The highest BCUT2D eigenvalue weighted by Gasteiger charge is 2.38. The Bertz CT molecular complexity index is 493. The number of hydrogen-bond donors (Lipinski definition) is 2. The summed E-state index contributed by atoms with van der Waals surface area (Å²) >= 11 is 2.99. The van der Waals surface area contributed by atoms with E-state index in [1.165, 1.54) is 0 Å². The number of aromatic hydroxyl groups is 1. The second kappa shape index (κ2) is 5.01. The highest BCUT2D eigenvalue weighted by molar-refractivity contribution is 9.10. The Morgan fingerprint density at radius 2 is 2.11 bits per heavy atom. The minimum Gasteiger partial charge on any atom is -0.492 e. The number of nitrogens with zero attached hydrogens (tertiary/aromatic N) is 1. The molecule has 2 N–H and O–H groups in total. The number of nitrogens with one attached hydrogen (secondary N) is 1. The average Bonchev–Trinajstić information content (AvgIpc) is 2.37. The molecule has 0 aliphatic heterocycles. The van der Waals surface area contributed by atoms with Crippen LogP contribution in [0.5, 0.6) is 5.88 Å². The molecule has 1 fully saturated rings. The first-order valence-corrected chi connectivity index (χ1v) is 6.82. The highest BCUT2D eigenvalue weighted by atomic mass is 79.9. The third-order valence-electron chi connectivity index (χ3n) is 3.75. The monoisotopic (exact) mass is 316 g/mol. The molecule has 6 heteroatoms. The minimum atomic E-state index is -0.580. The number of methoxy groups -OCH3 is 1. The molecule has 1 saturated carbocycles. The van der Waals surface area contributed by atoms with Crippen molar-refractivity contribution >= 4 is 15.9 Å². The van der Waals surface area contributed by atoms with Crippen molar-refractivity contribution in [2.75, 3.05) is 7.11 Å². The molecule has 5 nitrogen and oxygen atoms in total. The highest BCUT2D eigenvalue weighted by Crippen LogP contribution is 2.40. The smallest absolute Gasteiger partial charge is 0.269 e. The Balaban J connectivity index is 2.42. The van der Waals surface area contributed by atoms with E-state index in [1.54, 1.807) is 7.11 Å². The van der Waals surface area contributed by atoms with Crippen LogP contribution in [0.25, 0.3) is 0 Å². The molecule has 1 aromatic rings. The molecule has 0 radical (unpaired) electrons. The Labute approximate surface area is 114 Å². The second-order valence-electron chi connectivity index (χ2n) is 4.93. The lowest BCUT2D eigenvalue weighted by Gasteiger charge is -2.37. The van der Waals surface area contributed by atoms with Gasteiger partial charge in [0.25, 0.3) is 5.56 Å². The number of ether oxygens (including phenoxy) is 1. The predicted octanol–water partition coefficient (Wildman–Crippen LogP) is 2.29. The SMILES string of the molecule is COC1(c2nc(O)c(Br)c(=O)[nH]2)CCC(C)CC1. The molecule has 0 aromatic carbocycles. The molecule has 100 valence electrons. The van der Waals surface area contributed by atoms with Gasteiger partial charge in [0.1, 0.15) is 15.9 Å². The lowest BCUT2D eigenvalue weighted by atomic mass is 9.79. The van der Waals surface area contributed by atoms with Gasteiger partial charge in [0.2, 0.25) is 5.88 Å². The molecule has 0 spiro atoms. The Morgan fingerprint density at radius 3 is 2.61 bits per heavy atom. The third kappa shape index (κ3) is 2.31. The predicted molar refractivity (Wildman–Crippen MR) is 70.5 cm³/mol. The Kier molecular flexibility index (Phi) is 3.77. The van der Waals surface area contributed by atoms with Crippen LogP contribution in [0.2, 0.25) is 0 Å². The number of aromatic nitrogens is 2. The minimum absolute atomic E-state index is 0.0571. The molecular weight excluding hydrogens is 300 g/mol. The summed E-state index contributed by atoms with van der Waals surface area (Å²) in [7, 11) is 1.62. The van der Waals surface area contributed by atoms with Crippen LogP contribution < -0.4 is 5.56 Å². The van der Waals surface area contributed by atoms with Gasteiger partial charge in [0.15, 0.2) is 0 Å². The van der Waals surface area contributed by atoms with Gasteiger partial charge in [-0.3, -0.25) is 4.79 Å². The number of halogens is 1. The first-order chi connectivity index (χ1) is 8.48. The first kappa shape index (κ1) is 13.5. The molecule has 18 heavy (non-hydrogen) atoms. The van der Waals surface area contributed by atoms with Crippen LogP contribution in [0, 0.1) is 5.92 Å². The molecule has 1 aliphatic rings. The molecule has 0 bridgehead atoms. The zero-order valence-electron chi connectivity index (χ0n) is 10.5. The van der Waals surface area contributed by atoms with E-state index >= 15 is 0 Å². The van der Waals surface area contributed by atoms with E-state index in [2.05, 4.69) is 32.8 Å². The molecule has 2 rings (SSSR count). The van der Waals surface area contributed by atoms with Crippen molar-refractivity contribution in [1.29, 1.82) is 0 Å². The molecule has 1 aromatic heterocycles. The van der Waals surface area contributed by atoms with Gasteiger partial charge in [0.05, 0.1) is 0 Å². The van der Waals surface area contributed by atoms with Crippen LogP contribution in [-0.2, 0) is 10.3 Å². The van der Waals surface area contributed by atoms with Gasteiger partial charge in [-0.25, -0.2) is 0 Å². The van der Waals surface area contributed by atoms with Crippen LogP contribution in [0.15, 0.2) is 9.27 Å². The molecule has 0 atom stereocenters. The van der Waals surface area contributed by atoms with Crippen molar-refractivity contribution in [3.05, 3.63) is 20.7 Å². The zero-order chi connectivity index (χ0) is 13.3. The fourth-order valence-electron chi connectivity index (χ4n) is 2.43. The maximum Gasteiger partial charge on any atom is 0.269 e. The zero-order valence-corrected chi connectivity index (χ0v) is 12.1. The van der Waals surface area contributed by atoms with Gasteiger partial charge in [-0.1, -0.05) is 6.92 Å². The van der Waals surface area contributed by atoms with E-state index in [0.29, 0.717) is 11.7 Å². The Morgan fingerprint density at radius 1 is 1.50 bits per heavy atom. The van der Waals surface area contributed by atoms with Crippen molar-refractivity contribution in [3.8, 4) is 5.88 Å². The third-order valence-corrected chi connectivity index (χ3v) is 4.46. The quantitative estimate of drug-likeness (QED) is 0.877. The summed E-state index contributed by atoms with van der Waals surface area (Å²) in [4.78, 5) is 18.4. The summed E-state index contributed by atoms with van der Waals surface area (Å²) in [6.07, 6.45) is 3.64. The van der Waals surface area contributed by atoms with Crippen molar-refractivity contribution in [2.24, 2.45) is 5.92 Å². The van der Waals surface area contributed by atoms with Gasteiger partial charge in [-0.05, 0) is 47.5 Å². The lowest BCUT2D eigenvalue weighted by Crippen LogP contribution is -2.36. The first-order valence-electron chi connectivity index (χ1n) is 6.03.